The fourth-order valence-corrected chi connectivity index (χ4v) is 3.54. The van der Waals surface area contributed by atoms with Gasteiger partial charge in [-0.05, 0) is 30.9 Å². The highest BCUT2D eigenvalue weighted by molar-refractivity contribution is 7.89. The zero-order chi connectivity index (χ0) is 14.2. The number of nitrogens with zero attached hydrogens (tertiary/aromatic N) is 1. The smallest absolute Gasteiger partial charge is 0.245 e. The van der Waals surface area contributed by atoms with Gasteiger partial charge in [0.25, 0.3) is 0 Å². The molecule has 7 heteroatoms. The largest absolute Gasteiger partial charge is 0.328 e. The minimum absolute atomic E-state index is 0.128. The maximum atomic E-state index is 13.5. The van der Waals surface area contributed by atoms with Crippen LogP contribution in [0, 0.1) is 17.6 Å². The van der Waals surface area contributed by atoms with Gasteiger partial charge in [0.1, 0.15) is 16.5 Å². The zero-order valence-corrected chi connectivity index (χ0v) is 11.3. The summed E-state index contributed by atoms with van der Waals surface area (Å²) in [5.74, 6) is -1.67. The maximum absolute atomic E-state index is 13.5. The van der Waals surface area contributed by atoms with E-state index >= 15 is 0 Å². The summed E-state index contributed by atoms with van der Waals surface area (Å²) in [5, 5.41) is 0. The number of benzene rings is 1. The molecular weight excluding hydrogens is 274 g/mol. The van der Waals surface area contributed by atoms with Crippen LogP contribution in [-0.2, 0) is 10.0 Å². The molecule has 2 N–H and O–H groups in total. The summed E-state index contributed by atoms with van der Waals surface area (Å²) in [4.78, 5) is -0.500. The molecule has 1 saturated carbocycles. The lowest BCUT2D eigenvalue weighted by atomic mass is 9.81. The summed E-state index contributed by atoms with van der Waals surface area (Å²) in [7, 11) is -2.53. The normalized spacial score (nSPS) is 23.4. The van der Waals surface area contributed by atoms with Crippen molar-refractivity contribution in [2.75, 3.05) is 13.6 Å². The van der Waals surface area contributed by atoms with Gasteiger partial charge in [0, 0.05) is 25.7 Å². The van der Waals surface area contributed by atoms with E-state index in [4.69, 9.17) is 5.73 Å². The van der Waals surface area contributed by atoms with E-state index in [9.17, 15) is 17.2 Å². The second-order valence-corrected chi connectivity index (χ2v) is 6.97. The van der Waals surface area contributed by atoms with Crippen LogP contribution in [0.1, 0.15) is 12.8 Å². The number of nitrogens with two attached hydrogens (primary N) is 1. The van der Waals surface area contributed by atoms with Crippen LogP contribution in [0.3, 0.4) is 0 Å². The lowest BCUT2D eigenvalue weighted by Gasteiger charge is -2.34. The van der Waals surface area contributed by atoms with Crippen molar-refractivity contribution >= 4 is 10.0 Å². The summed E-state index contributed by atoms with van der Waals surface area (Å²) in [6, 6.07) is 2.58. The first kappa shape index (κ1) is 14.4. The van der Waals surface area contributed by atoms with Crippen LogP contribution < -0.4 is 5.73 Å². The number of halogens is 2. The summed E-state index contributed by atoms with van der Waals surface area (Å²) in [6.45, 7) is 0.298. The molecule has 0 atom stereocenters. The summed E-state index contributed by atoms with van der Waals surface area (Å²) in [6.07, 6.45) is 1.54. The highest BCUT2D eigenvalue weighted by Gasteiger charge is 2.32. The molecule has 0 radical (unpaired) electrons. The quantitative estimate of drug-likeness (QED) is 0.909. The van der Waals surface area contributed by atoms with E-state index in [0.29, 0.717) is 12.6 Å². The molecule has 2 rings (SSSR count). The SMILES string of the molecule is CN(CC1CC(N)C1)S(=O)(=O)c1ccc(F)cc1F. The molecule has 0 unspecified atom stereocenters. The van der Waals surface area contributed by atoms with Gasteiger partial charge < -0.3 is 5.73 Å². The Kier molecular flexibility index (Phi) is 3.89. The summed E-state index contributed by atoms with van der Waals surface area (Å²) < 4.78 is 51.7. The molecule has 1 aliphatic carbocycles. The molecule has 1 aromatic carbocycles. The minimum Gasteiger partial charge on any atom is -0.328 e. The molecule has 106 valence electrons. The lowest BCUT2D eigenvalue weighted by molar-refractivity contribution is 0.227. The van der Waals surface area contributed by atoms with E-state index < -0.39 is 26.6 Å². The van der Waals surface area contributed by atoms with Gasteiger partial charge >= 0.3 is 0 Å². The van der Waals surface area contributed by atoms with E-state index in [1.165, 1.54) is 7.05 Å². The van der Waals surface area contributed by atoms with Gasteiger partial charge in [-0.15, -0.1) is 0 Å². The molecule has 19 heavy (non-hydrogen) atoms. The maximum Gasteiger partial charge on any atom is 0.245 e. The number of sulfonamides is 1. The van der Waals surface area contributed by atoms with E-state index in [0.717, 1.165) is 29.3 Å². The summed E-state index contributed by atoms with van der Waals surface area (Å²) >= 11 is 0. The van der Waals surface area contributed by atoms with Crippen LogP contribution in [0.4, 0.5) is 8.78 Å². The monoisotopic (exact) mass is 290 g/mol. The molecule has 1 aliphatic rings. The van der Waals surface area contributed by atoms with E-state index in [1.54, 1.807) is 0 Å². The first-order chi connectivity index (χ1) is 8.80. The molecule has 1 aromatic rings. The van der Waals surface area contributed by atoms with E-state index in [1.807, 2.05) is 0 Å². The van der Waals surface area contributed by atoms with Crippen molar-refractivity contribution in [2.24, 2.45) is 11.7 Å². The Morgan fingerprint density at radius 3 is 2.53 bits per heavy atom. The molecule has 1 fully saturated rings. The Morgan fingerprint density at radius 2 is 2.00 bits per heavy atom. The average molecular weight is 290 g/mol. The molecule has 0 heterocycles. The van der Waals surface area contributed by atoms with Crippen molar-refractivity contribution in [1.82, 2.24) is 4.31 Å². The molecule has 0 saturated heterocycles. The Labute approximate surface area is 111 Å². The average Bonchev–Trinajstić information content (AvgIpc) is 2.26. The molecule has 0 aromatic heterocycles. The Morgan fingerprint density at radius 1 is 1.37 bits per heavy atom. The molecule has 0 bridgehead atoms. The Balaban J connectivity index is 2.16. The first-order valence-electron chi connectivity index (χ1n) is 5.97. The van der Waals surface area contributed by atoms with Crippen molar-refractivity contribution in [1.29, 1.82) is 0 Å². The second-order valence-electron chi connectivity index (χ2n) is 4.96. The molecule has 4 nitrogen and oxygen atoms in total. The number of hydrogen-bond donors (Lipinski definition) is 1. The van der Waals surface area contributed by atoms with E-state index in [-0.39, 0.29) is 12.0 Å². The lowest BCUT2D eigenvalue weighted by Crippen LogP contribution is -2.43. The van der Waals surface area contributed by atoms with Crippen molar-refractivity contribution in [2.45, 2.75) is 23.8 Å². The van der Waals surface area contributed by atoms with Gasteiger partial charge in [-0.2, -0.15) is 0 Å². The standard InChI is InChI=1S/C12H16F2N2O2S/c1-16(7-8-4-10(15)5-8)19(17,18)12-3-2-9(13)6-11(12)14/h2-3,6,8,10H,4-5,7,15H2,1H3. The Bertz CT molecular complexity index is 571. The molecule has 0 aliphatic heterocycles. The van der Waals surface area contributed by atoms with Crippen molar-refractivity contribution in [3.8, 4) is 0 Å². The van der Waals surface area contributed by atoms with Crippen LogP contribution in [0.25, 0.3) is 0 Å². The predicted octanol–water partition coefficient (Wildman–Crippen LogP) is 1.32. The molecular formula is C12H16F2N2O2S. The van der Waals surface area contributed by atoms with Gasteiger partial charge in [0.15, 0.2) is 0 Å². The fraction of sp³-hybridized carbons (Fsp3) is 0.500. The van der Waals surface area contributed by atoms with Crippen LogP contribution >= 0.6 is 0 Å². The first-order valence-corrected chi connectivity index (χ1v) is 7.41. The Hall–Kier alpha value is -1.05. The van der Waals surface area contributed by atoms with Gasteiger partial charge in [-0.3, -0.25) is 0 Å². The number of rotatable bonds is 4. The van der Waals surface area contributed by atoms with Gasteiger partial charge in [-0.1, -0.05) is 0 Å². The fourth-order valence-electron chi connectivity index (χ4n) is 2.25. The van der Waals surface area contributed by atoms with Crippen molar-refractivity contribution < 1.29 is 17.2 Å². The minimum atomic E-state index is -3.92. The third-order valence-electron chi connectivity index (χ3n) is 3.37. The second kappa shape index (κ2) is 5.15. The molecule has 0 spiro atoms. The highest BCUT2D eigenvalue weighted by atomic mass is 32.2. The third-order valence-corrected chi connectivity index (χ3v) is 5.23. The van der Waals surface area contributed by atoms with Gasteiger partial charge in [0.2, 0.25) is 10.0 Å². The van der Waals surface area contributed by atoms with Crippen LogP contribution in [-0.4, -0.2) is 32.4 Å². The highest BCUT2D eigenvalue weighted by Crippen LogP contribution is 2.28. The van der Waals surface area contributed by atoms with Gasteiger partial charge in [0.05, 0.1) is 0 Å². The summed E-state index contributed by atoms with van der Waals surface area (Å²) in [5.41, 5.74) is 5.64. The van der Waals surface area contributed by atoms with Gasteiger partial charge in [-0.25, -0.2) is 21.5 Å². The number of hydrogen-bond acceptors (Lipinski definition) is 3. The van der Waals surface area contributed by atoms with Crippen molar-refractivity contribution in [3.05, 3.63) is 29.8 Å². The van der Waals surface area contributed by atoms with E-state index in [2.05, 4.69) is 0 Å². The van der Waals surface area contributed by atoms with Crippen LogP contribution in [0.5, 0.6) is 0 Å². The predicted molar refractivity (Wildman–Crippen MR) is 66.9 cm³/mol. The topological polar surface area (TPSA) is 63.4 Å². The molecule has 0 amide bonds. The van der Waals surface area contributed by atoms with Crippen LogP contribution in [0.2, 0.25) is 0 Å². The van der Waals surface area contributed by atoms with Crippen LogP contribution in [0.15, 0.2) is 23.1 Å². The zero-order valence-electron chi connectivity index (χ0n) is 10.5. The third kappa shape index (κ3) is 2.93. The van der Waals surface area contributed by atoms with Crippen molar-refractivity contribution in [3.63, 3.8) is 0 Å².